The predicted molar refractivity (Wildman–Crippen MR) is 83.0 cm³/mol. The van der Waals surface area contributed by atoms with Crippen LogP contribution in [0.3, 0.4) is 0 Å². The van der Waals surface area contributed by atoms with Crippen molar-refractivity contribution < 1.29 is 13.4 Å². The molecule has 0 spiro atoms. The molecule has 1 aromatic carbocycles. The number of rotatable bonds is 6. The molecule has 6 heteroatoms. The van der Waals surface area contributed by atoms with Crippen LogP contribution in [0.25, 0.3) is 6.08 Å². The summed E-state index contributed by atoms with van der Waals surface area (Å²) in [6.07, 6.45) is 2.82. The maximum atomic E-state index is 12.0. The summed E-state index contributed by atoms with van der Waals surface area (Å²) in [6, 6.07) is 14.2. The topological polar surface area (TPSA) is 83.1 Å². The van der Waals surface area contributed by atoms with Crippen molar-refractivity contribution in [3.8, 4) is 6.07 Å². The van der Waals surface area contributed by atoms with Crippen LogP contribution in [-0.4, -0.2) is 22.4 Å². The van der Waals surface area contributed by atoms with Crippen molar-refractivity contribution in [2.24, 2.45) is 0 Å². The number of hydrogen-bond donors (Lipinski definition) is 1. The number of amides is 1. The molecule has 1 atom stereocenters. The average Bonchev–Trinajstić information content (AvgIpc) is 3.06. The summed E-state index contributed by atoms with van der Waals surface area (Å²) in [5.74, 6) is 0.207. The van der Waals surface area contributed by atoms with Crippen LogP contribution in [0.15, 0.2) is 63.6 Å². The number of nitrogens with zero attached hydrogens (tertiary/aromatic N) is 1. The molecule has 2 aromatic rings. The highest BCUT2D eigenvalue weighted by Gasteiger charge is 2.10. The lowest BCUT2D eigenvalue weighted by atomic mass is 10.2. The molecule has 5 nitrogen and oxygen atoms in total. The van der Waals surface area contributed by atoms with E-state index >= 15 is 0 Å². The van der Waals surface area contributed by atoms with Gasteiger partial charge in [-0.3, -0.25) is 9.00 Å². The van der Waals surface area contributed by atoms with Gasteiger partial charge in [-0.15, -0.1) is 0 Å². The van der Waals surface area contributed by atoms with Crippen molar-refractivity contribution in [1.29, 1.82) is 5.26 Å². The van der Waals surface area contributed by atoms with E-state index in [4.69, 9.17) is 9.68 Å². The minimum Gasteiger partial charge on any atom is -0.465 e. The maximum absolute atomic E-state index is 12.0. The molecule has 0 aliphatic carbocycles. The number of nitriles is 1. The third-order valence-corrected chi connectivity index (χ3v) is 4.15. The molecular weight excluding hydrogens is 300 g/mol. The molecule has 22 heavy (non-hydrogen) atoms. The zero-order valence-electron chi connectivity index (χ0n) is 11.7. The highest BCUT2D eigenvalue weighted by Crippen LogP contribution is 2.07. The highest BCUT2D eigenvalue weighted by molar-refractivity contribution is 7.85. The maximum Gasteiger partial charge on any atom is 0.262 e. The summed E-state index contributed by atoms with van der Waals surface area (Å²) < 4.78 is 17.0. The van der Waals surface area contributed by atoms with Crippen LogP contribution in [0.5, 0.6) is 0 Å². The first-order valence-electron chi connectivity index (χ1n) is 6.57. The molecule has 2 rings (SSSR count). The number of benzene rings is 1. The summed E-state index contributed by atoms with van der Waals surface area (Å²) in [5.41, 5.74) is -0.0551. The Morgan fingerprint density at radius 1 is 1.27 bits per heavy atom. The standard InChI is InChI=1S/C16H14N2O3S/c17-12-13(11-14-5-4-9-21-14)16(19)18-8-10-22(20)15-6-2-1-3-7-15/h1-7,9,11H,8,10H2,(H,18,19)/b13-11-/t22-/m1/s1. The van der Waals surface area contributed by atoms with Crippen molar-refractivity contribution >= 4 is 22.8 Å². The smallest absolute Gasteiger partial charge is 0.262 e. The monoisotopic (exact) mass is 314 g/mol. The van der Waals surface area contributed by atoms with Gasteiger partial charge >= 0.3 is 0 Å². The van der Waals surface area contributed by atoms with E-state index in [1.54, 1.807) is 24.3 Å². The second-order valence-electron chi connectivity index (χ2n) is 4.30. The van der Waals surface area contributed by atoms with E-state index in [1.165, 1.54) is 12.3 Å². The van der Waals surface area contributed by atoms with E-state index in [-0.39, 0.29) is 17.9 Å². The van der Waals surface area contributed by atoms with Gasteiger partial charge in [0.05, 0.1) is 17.1 Å². The molecule has 1 aromatic heterocycles. The molecule has 1 amide bonds. The molecule has 0 radical (unpaired) electrons. The number of furan rings is 1. The molecule has 0 bridgehead atoms. The summed E-state index contributed by atoms with van der Waals surface area (Å²) in [5, 5.41) is 11.6. The molecule has 1 N–H and O–H groups in total. The van der Waals surface area contributed by atoms with Gasteiger partial charge in [-0.2, -0.15) is 5.26 Å². The van der Waals surface area contributed by atoms with Crippen LogP contribution in [0.2, 0.25) is 0 Å². The van der Waals surface area contributed by atoms with Gasteiger partial charge in [0.2, 0.25) is 0 Å². The van der Waals surface area contributed by atoms with Crippen LogP contribution in [-0.2, 0) is 15.6 Å². The molecule has 112 valence electrons. The minimum atomic E-state index is -1.18. The average molecular weight is 314 g/mol. The second kappa shape index (κ2) is 7.96. The summed E-state index contributed by atoms with van der Waals surface area (Å²) in [6.45, 7) is 0.220. The normalized spacial score (nSPS) is 12.4. The van der Waals surface area contributed by atoms with Crippen LogP contribution in [0, 0.1) is 11.3 Å². The largest absolute Gasteiger partial charge is 0.465 e. The SMILES string of the molecule is N#C/C(=C/c1ccco1)C(=O)NCC[S@@](=O)c1ccccc1. The minimum absolute atomic E-state index is 0.0551. The van der Waals surface area contributed by atoms with Crippen molar-refractivity contribution in [3.05, 3.63) is 60.1 Å². The molecular formula is C16H14N2O3S. The highest BCUT2D eigenvalue weighted by atomic mass is 32.2. The zero-order chi connectivity index (χ0) is 15.8. The fourth-order valence-electron chi connectivity index (χ4n) is 1.71. The summed E-state index contributed by atoms with van der Waals surface area (Å²) in [4.78, 5) is 12.6. The van der Waals surface area contributed by atoms with Gasteiger partial charge in [-0.25, -0.2) is 0 Å². The Balaban J connectivity index is 1.87. The van der Waals surface area contributed by atoms with Gasteiger partial charge in [0, 0.05) is 23.3 Å². The molecule has 0 aliphatic rings. The Morgan fingerprint density at radius 3 is 2.68 bits per heavy atom. The van der Waals surface area contributed by atoms with E-state index in [9.17, 15) is 9.00 Å². The Labute approximate surface area is 130 Å². The molecule has 0 saturated carbocycles. The van der Waals surface area contributed by atoms with Crippen molar-refractivity contribution in [1.82, 2.24) is 5.32 Å². The lowest BCUT2D eigenvalue weighted by Crippen LogP contribution is -2.28. The molecule has 0 aliphatic heterocycles. The lowest BCUT2D eigenvalue weighted by Gasteiger charge is -2.04. The Morgan fingerprint density at radius 2 is 2.05 bits per heavy atom. The number of nitrogens with one attached hydrogen (secondary N) is 1. The fraction of sp³-hybridized carbons (Fsp3) is 0.125. The first-order valence-corrected chi connectivity index (χ1v) is 7.89. The zero-order valence-corrected chi connectivity index (χ0v) is 12.5. The molecule has 1 heterocycles. The summed E-state index contributed by atoms with van der Waals surface area (Å²) in [7, 11) is -1.18. The van der Waals surface area contributed by atoms with Crippen LogP contribution < -0.4 is 5.32 Å². The van der Waals surface area contributed by atoms with E-state index in [0.29, 0.717) is 10.7 Å². The Hall–Kier alpha value is -2.65. The number of carbonyl (C=O) groups is 1. The van der Waals surface area contributed by atoms with Gasteiger partial charge in [0.25, 0.3) is 5.91 Å². The van der Waals surface area contributed by atoms with Crippen LogP contribution >= 0.6 is 0 Å². The first-order chi connectivity index (χ1) is 10.7. The molecule has 0 unspecified atom stereocenters. The Kier molecular flexibility index (Phi) is 5.69. The lowest BCUT2D eigenvalue weighted by molar-refractivity contribution is -0.116. The van der Waals surface area contributed by atoms with E-state index < -0.39 is 16.7 Å². The van der Waals surface area contributed by atoms with Crippen molar-refractivity contribution in [2.75, 3.05) is 12.3 Å². The predicted octanol–water partition coefficient (Wildman–Crippen LogP) is 2.11. The van der Waals surface area contributed by atoms with E-state index in [1.807, 2.05) is 24.3 Å². The quantitative estimate of drug-likeness (QED) is 0.654. The van der Waals surface area contributed by atoms with Crippen LogP contribution in [0.4, 0.5) is 0 Å². The van der Waals surface area contributed by atoms with Crippen molar-refractivity contribution in [3.63, 3.8) is 0 Å². The van der Waals surface area contributed by atoms with Crippen LogP contribution in [0.1, 0.15) is 5.76 Å². The molecule has 0 saturated heterocycles. The molecule has 0 fully saturated rings. The first kappa shape index (κ1) is 15.7. The third-order valence-electron chi connectivity index (χ3n) is 2.77. The van der Waals surface area contributed by atoms with Gasteiger partial charge < -0.3 is 9.73 Å². The number of carbonyl (C=O) groups excluding carboxylic acids is 1. The van der Waals surface area contributed by atoms with Gasteiger partial charge in [-0.1, -0.05) is 18.2 Å². The van der Waals surface area contributed by atoms with Crippen molar-refractivity contribution in [2.45, 2.75) is 4.90 Å². The number of hydrogen-bond acceptors (Lipinski definition) is 4. The Bertz CT molecular complexity index is 716. The fourth-order valence-corrected chi connectivity index (χ4v) is 2.69. The van der Waals surface area contributed by atoms with E-state index in [2.05, 4.69) is 5.32 Å². The third kappa shape index (κ3) is 4.43. The summed E-state index contributed by atoms with van der Waals surface area (Å²) >= 11 is 0. The van der Waals surface area contributed by atoms with Gasteiger partial charge in [-0.05, 0) is 24.3 Å². The second-order valence-corrected chi connectivity index (χ2v) is 5.87. The van der Waals surface area contributed by atoms with Gasteiger partial charge in [0.1, 0.15) is 17.4 Å². The van der Waals surface area contributed by atoms with E-state index in [0.717, 1.165) is 0 Å². The van der Waals surface area contributed by atoms with Gasteiger partial charge in [0.15, 0.2) is 0 Å².